The van der Waals surface area contributed by atoms with Crippen LogP contribution in [0.25, 0.3) is 0 Å². The van der Waals surface area contributed by atoms with Crippen LogP contribution in [0.1, 0.15) is 39.0 Å². The fourth-order valence-corrected chi connectivity index (χ4v) is 4.47. The molecule has 2 fully saturated rings. The van der Waals surface area contributed by atoms with Crippen LogP contribution in [-0.2, 0) is 14.9 Å². The van der Waals surface area contributed by atoms with E-state index in [9.17, 15) is 8.42 Å². The molecule has 0 N–H and O–H groups in total. The lowest BCUT2D eigenvalue weighted by Gasteiger charge is -2.37. The normalized spacial score (nSPS) is 28.7. The molecule has 0 aromatic rings. The molecule has 1 saturated carbocycles. The zero-order valence-electron chi connectivity index (χ0n) is 11.3. The Morgan fingerprint density at radius 3 is 2.50 bits per heavy atom. The summed E-state index contributed by atoms with van der Waals surface area (Å²) in [5.74, 6) is 0. The molecule has 1 heterocycles. The lowest BCUT2D eigenvalue weighted by Crippen LogP contribution is -2.52. The van der Waals surface area contributed by atoms with Gasteiger partial charge in [0.1, 0.15) is 0 Å². The maximum Gasteiger partial charge on any atom is 0.282 e. The van der Waals surface area contributed by atoms with Crippen LogP contribution in [0.3, 0.4) is 0 Å². The molecule has 1 aliphatic heterocycles. The van der Waals surface area contributed by atoms with Gasteiger partial charge in [0.15, 0.2) is 0 Å². The van der Waals surface area contributed by atoms with Crippen LogP contribution in [-0.4, -0.2) is 55.9 Å². The standard InChI is InChI=1S/C12H24N2O3S/c1-11-10-14(8-9-17-11)18(15,16)13(2)12-6-4-3-5-7-12/h11-12H,3-10H2,1-2H3. The quantitative estimate of drug-likeness (QED) is 0.778. The Hall–Kier alpha value is -0.170. The van der Waals surface area contributed by atoms with E-state index in [0.29, 0.717) is 19.7 Å². The molecular weight excluding hydrogens is 252 g/mol. The minimum Gasteiger partial charge on any atom is -0.376 e. The minimum atomic E-state index is -3.31. The molecule has 18 heavy (non-hydrogen) atoms. The predicted octanol–water partition coefficient (Wildman–Crippen LogP) is 1.22. The molecule has 1 saturated heterocycles. The van der Waals surface area contributed by atoms with Crippen molar-refractivity contribution in [2.75, 3.05) is 26.7 Å². The summed E-state index contributed by atoms with van der Waals surface area (Å²) in [7, 11) is -1.58. The van der Waals surface area contributed by atoms with Crippen molar-refractivity contribution in [1.29, 1.82) is 0 Å². The van der Waals surface area contributed by atoms with Crippen LogP contribution in [0, 0.1) is 0 Å². The Morgan fingerprint density at radius 2 is 1.89 bits per heavy atom. The van der Waals surface area contributed by atoms with Gasteiger partial charge in [-0.05, 0) is 19.8 Å². The fraction of sp³-hybridized carbons (Fsp3) is 1.00. The van der Waals surface area contributed by atoms with E-state index in [2.05, 4.69) is 0 Å². The number of hydrogen-bond acceptors (Lipinski definition) is 3. The van der Waals surface area contributed by atoms with Crippen molar-refractivity contribution >= 4 is 10.2 Å². The van der Waals surface area contributed by atoms with Crippen molar-refractivity contribution in [2.45, 2.75) is 51.2 Å². The maximum absolute atomic E-state index is 12.5. The van der Waals surface area contributed by atoms with Crippen molar-refractivity contribution in [2.24, 2.45) is 0 Å². The number of ether oxygens (including phenoxy) is 1. The molecule has 0 spiro atoms. The Balaban J connectivity index is 2.04. The molecule has 0 amide bonds. The summed E-state index contributed by atoms with van der Waals surface area (Å²) in [4.78, 5) is 0. The maximum atomic E-state index is 12.5. The molecule has 106 valence electrons. The highest BCUT2D eigenvalue weighted by molar-refractivity contribution is 7.86. The highest BCUT2D eigenvalue weighted by Crippen LogP contribution is 2.25. The summed E-state index contributed by atoms with van der Waals surface area (Å²) in [6.07, 6.45) is 5.51. The van der Waals surface area contributed by atoms with Gasteiger partial charge in [-0.1, -0.05) is 19.3 Å². The van der Waals surface area contributed by atoms with Crippen molar-refractivity contribution < 1.29 is 13.2 Å². The van der Waals surface area contributed by atoms with Crippen LogP contribution >= 0.6 is 0 Å². The lowest BCUT2D eigenvalue weighted by molar-refractivity contribution is 0.00791. The van der Waals surface area contributed by atoms with Gasteiger partial charge in [-0.2, -0.15) is 17.0 Å². The molecule has 0 aromatic carbocycles. The number of rotatable bonds is 3. The first-order valence-corrected chi connectivity index (χ1v) is 8.26. The van der Waals surface area contributed by atoms with Crippen LogP contribution in [0.5, 0.6) is 0 Å². The van der Waals surface area contributed by atoms with E-state index in [0.717, 1.165) is 25.7 Å². The summed E-state index contributed by atoms with van der Waals surface area (Å²) >= 11 is 0. The van der Waals surface area contributed by atoms with Gasteiger partial charge in [-0.15, -0.1) is 0 Å². The summed E-state index contributed by atoms with van der Waals surface area (Å²) in [6.45, 7) is 3.37. The number of nitrogens with zero attached hydrogens (tertiary/aromatic N) is 2. The largest absolute Gasteiger partial charge is 0.376 e. The third kappa shape index (κ3) is 3.04. The topological polar surface area (TPSA) is 49.9 Å². The van der Waals surface area contributed by atoms with E-state index in [4.69, 9.17) is 4.74 Å². The summed E-state index contributed by atoms with van der Waals surface area (Å²) in [6, 6.07) is 0.182. The molecule has 1 atom stereocenters. The zero-order chi connectivity index (χ0) is 13.2. The Labute approximate surface area is 110 Å². The molecule has 2 rings (SSSR count). The van der Waals surface area contributed by atoms with E-state index in [1.807, 2.05) is 6.92 Å². The molecule has 1 aliphatic carbocycles. The SMILES string of the molecule is CC1CN(S(=O)(=O)N(C)C2CCCCC2)CCO1. The van der Waals surface area contributed by atoms with Gasteiger partial charge in [0, 0.05) is 26.2 Å². The van der Waals surface area contributed by atoms with Crippen LogP contribution in [0.2, 0.25) is 0 Å². The third-order valence-corrected chi connectivity index (χ3v) is 5.99. The molecule has 0 aromatic heterocycles. The van der Waals surface area contributed by atoms with Crippen molar-refractivity contribution in [1.82, 2.24) is 8.61 Å². The van der Waals surface area contributed by atoms with Gasteiger partial charge in [-0.25, -0.2) is 0 Å². The van der Waals surface area contributed by atoms with E-state index in [-0.39, 0.29) is 12.1 Å². The fourth-order valence-electron chi connectivity index (χ4n) is 2.81. The molecule has 2 aliphatic rings. The van der Waals surface area contributed by atoms with Gasteiger partial charge in [0.05, 0.1) is 12.7 Å². The lowest BCUT2D eigenvalue weighted by atomic mass is 9.96. The first-order valence-electron chi connectivity index (χ1n) is 6.86. The van der Waals surface area contributed by atoms with Gasteiger partial charge in [0.2, 0.25) is 0 Å². The molecular formula is C12H24N2O3S. The van der Waals surface area contributed by atoms with Crippen molar-refractivity contribution in [3.63, 3.8) is 0 Å². The average molecular weight is 276 g/mol. The monoisotopic (exact) mass is 276 g/mol. The zero-order valence-corrected chi connectivity index (χ0v) is 12.2. The number of hydrogen-bond donors (Lipinski definition) is 0. The Bertz CT molecular complexity index is 366. The van der Waals surface area contributed by atoms with Gasteiger partial charge >= 0.3 is 0 Å². The second-order valence-electron chi connectivity index (χ2n) is 5.36. The molecule has 6 heteroatoms. The van der Waals surface area contributed by atoms with E-state index < -0.39 is 10.2 Å². The highest BCUT2D eigenvalue weighted by atomic mass is 32.2. The van der Waals surface area contributed by atoms with Gasteiger partial charge in [0.25, 0.3) is 10.2 Å². The Kier molecular flexibility index (Phi) is 4.64. The first kappa shape index (κ1) is 14.2. The third-order valence-electron chi connectivity index (χ3n) is 3.98. The molecule has 0 bridgehead atoms. The highest BCUT2D eigenvalue weighted by Gasteiger charge is 2.34. The second-order valence-corrected chi connectivity index (χ2v) is 7.34. The minimum absolute atomic E-state index is 0.00622. The van der Waals surface area contributed by atoms with Gasteiger partial charge in [-0.3, -0.25) is 0 Å². The van der Waals surface area contributed by atoms with Gasteiger partial charge < -0.3 is 4.74 Å². The number of morpholine rings is 1. The average Bonchev–Trinajstić information content (AvgIpc) is 2.39. The van der Waals surface area contributed by atoms with Crippen LogP contribution < -0.4 is 0 Å². The molecule has 0 radical (unpaired) electrons. The predicted molar refractivity (Wildman–Crippen MR) is 70.5 cm³/mol. The summed E-state index contributed by atoms with van der Waals surface area (Å²) < 4.78 is 33.6. The molecule has 1 unspecified atom stereocenters. The molecule has 5 nitrogen and oxygen atoms in total. The van der Waals surface area contributed by atoms with E-state index in [1.54, 1.807) is 15.7 Å². The van der Waals surface area contributed by atoms with E-state index in [1.165, 1.54) is 6.42 Å². The van der Waals surface area contributed by atoms with Crippen molar-refractivity contribution in [3.8, 4) is 0 Å². The van der Waals surface area contributed by atoms with Crippen LogP contribution in [0.15, 0.2) is 0 Å². The smallest absolute Gasteiger partial charge is 0.282 e. The summed E-state index contributed by atoms with van der Waals surface area (Å²) in [5, 5.41) is 0. The van der Waals surface area contributed by atoms with E-state index >= 15 is 0 Å². The second kappa shape index (κ2) is 5.86. The Morgan fingerprint density at radius 1 is 1.22 bits per heavy atom. The van der Waals surface area contributed by atoms with Crippen LogP contribution in [0.4, 0.5) is 0 Å². The first-order chi connectivity index (χ1) is 8.51. The summed E-state index contributed by atoms with van der Waals surface area (Å²) in [5.41, 5.74) is 0. The van der Waals surface area contributed by atoms with Crippen molar-refractivity contribution in [3.05, 3.63) is 0 Å².